The Kier molecular flexibility index (Phi) is 6.36. The highest BCUT2D eigenvalue weighted by Gasteiger charge is 2.53. The van der Waals surface area contributed by atoms with E-state index in [2.05, 4.69) is 22.3 Å². The van der Waals surface area contributed by atoms with Crippen molar-refractivity contribution in [2.45, 2.75) is 44.1 Å². The number of nitrogens with one attached hydrogen (secondary N) is 1. The minimum absolute atomic E-state index is 0.0895. The summed E-state index contributed by atoms with van der Waals surface area (Å²) in [5, 5.41) is 19.9. The van der Waals surface area contributed by atoms with Crippen molar-refractivity contribution in [3.05, 3.63) is 105 Å². The molecule has 1 saturated carbocycles. The molecule has 4 aromatic rings. The zero-order chi connectivity index (χ0) is 26.2. The molecule has 2 N–H and O–H groups in total. The number of anilines is 1. The number of fused-ring (bicyclic) bond motifs is 1. The van der Waals surface area contributed by atoms with Gasteiger partial charge in [0, 0.05) is 33.5 Å². The van der Waals surface area contributed by atoms with Gasteiger partial charge in [-0.3, -0.25) is 4.79 Å². The maximum absolute atomic E-state index is 13.6. The molecular formula is C30H25ClN2O4. The fourth-order valence-electron chi connectivity index (χ4n) is 4.61. The molecule has 0 aliphatic heterocycles. The zero-order valence-corrected chi connectivity index (χ0v) is 21.2. The third kappa shape index (κ3) is 5.01. The normalized spacial score (nSPS) is 15.4. The number of aliphatic hydroxyl groups is 1. The number of carbonyl (C=O) groups excluding carboxylic acids is 1. The summed E-state index contributed by atoms with van der Waals surface area (Å²) in [6.07, 6.45) is 1.66. The van der Waals surface area contributed by atoms with E-state index in [-0.39, 0.29) is 6.42 Å². The van der Waals surface area contributed by atoms with Crippen molar-refractivity contribution in [2.24, 2.45) is 0 Å². The Labute approximate surface area is 219 Å². The number of rotatable bonds is 5. The maximum atomic E-state index is 13.6. The van der Waals surface area contributed by atoms with E-state index >= 15 is 0 Å². The van der Waals surface area contributed by atoms with Crippen molar-refractivity contribution in [2.75, 3.05) is 5.32 Å². The van der Waals surface area contributed by atoms with Gasteiger partial charge in [-0.05, 0) is 68.7 Å². The zero-order valence-electron chi connectivity index (χ0n) is 20.5. The SMILES string of the molecule is Cc1ccc(C#CC(O)(CC2(c3ccccc3Cl)CC2)C(=O)Nc2ccc3c(=O)onc(C)c3c2)cc1. The minimum Gasteiger partial charge on any atom is -0.369 e. The molecule has 6 nitrogen and oxygen atoms in total. The van der Waals surface area contributed by atoms with Crippen LogP contribution in [0.15, 0.2) is 76.0 Å². The second kappa shape index (κ2) is 9.51. The van der Waals surface area contributed by atoms with Gasteiger partial charge in [0.25, 0.3) is 5.91 Å². The van der Waals surface area contributed by atoms with Crippen molar-refractivity contribution in [3.63, 3.8) is 0 Å². The first-order valence-corrected chi connectivity index (χ1v) is 12.4. The van der Waals surface area contributed by atoms with Crippen LogP contribution in [0, 0.1) is 25.7 Å². The molecule has 7 heteroatoms. The summed E-state index contributed by atoms with van der Waals surface area (Å²) in [5.74, 6) is 5.20. The molecule has 0 bridgehead atoms. The third-order valence-corrected chi connectivity index (χ3v) is 7.22. The quantitative estimate of drug-likeness (QED) is 0.354. The van der Waals surface area contributed by atoms with Crippen molar-refractivity contribution < 1.29 is 14.4 Å². The van der Waals surface area contributed by atoms with Crippen molar-refractivity contribution in [3.8, 4) is 11.8 Å². The van der Waals surface area contributed by atoms with E-state index in [1.807, 2.05) is 55.5 Å². The lowest BCUT2D eigenvalue weighted by atomic mass is 9.82. The van der Waals surface area contributed by atoms with E-state index < -0.39 is 22.5 Å². The summed E-state index contributed by atoms with van der Waals surface area (Å²) >= 11 is 6.50. The van der Waals surface area contributed by atoms with Crippen molar-refractivity contribution in [1.82, 2.24) is 5.16 Å². The number of nitrogens with zero attached hydrogens (tertiary/aromatic N) is 1. The molecule has 5 rings (SSSR count). The molecule has 1 aromatic heterocycles. The molecule has 1 amide bonds. The van der Waals surface area contributed by atoms with Crippen LogP contribution in [-0.4, -0.2) is 21.8 Å². The van der Waals surface area contributed by atoms with Crippen LogP contribution >= 0.6 is 11.6 Å². The van der Waals surface area contributed by atoms with Gasteiger partial charge in [0.1, 0.15) is 0 Å². The monoisotopic (exact) mass is 512 g/mol. The number of aryl methyl sites for hydroxylation is 2. The smallest absolute Gasteiger partial charge is 0.366 e. The number of carbonyl (C=O) groups is 1. The van der Waals surface area contributed by atoms with Gasteiger partial charge in [0.05, 0.1) is 11.1 Å². The van der Waals surface area contributed by atoms with E-state index in [0.29, 0.717) is 32.7 Å². The molecule has 0 radical (unpaired) electrons. The van der Waals surface area contributed by atoms with E-state index in [1.165, 1.54) is 0 Å². The molecule has 1 fully saturated rings. The standard InChI is InChI=1S/C30H25ClN2O4/c1-19-7-9-21(10-8-19)13-14-30(36,18-29(15-16-29)25-5-3-4-6-26(25)31)28(35)32-22-11-12-23-24(17-22)20(2)33-37-27(23)34/h3-12,17,36H,15-16,18H2,1-2H3,(H,32,35). The molecule has 1 aliphatic carbocycles. The highest BCUT2D eigenvalue weighted by Crippen LogP contribution is 2.55. The Balaban J connectivity index is 1.51. The Morgan fingerprint density at radius 3 is 2.54 bits per heavy atom. The largest absolute Gasteiger partial charge is 0.369 e. The van der Waals surface area contributed by atoms with Crippen LogP contribution in [0.4, 0.5) is 5.69 Å². The predicted octanol–water partition coefficient (Wildman–Crippen LogP) is 5.30. The third-order valence-electron chi connectivity index (χ3n) is 6.89. The molecule has 0 spiro atoms. The van der Waals surface area contributed by atoms with E-state index in [1.54, 1.807) is 25.1 Å². The lowest BCUT2D eigenvalue weighted by Gasteiger charge is -2.27. The van der Waals surface area contributed by atoms with Crippen LogP contribution in [0.25, 0.3) is 10.8 Å². The first kappa shape index (κ1) is 24.8. The predicted molar refractivity (Wildman–Crippen MR) is 144 cm³/mol. The van der Waals surface area contributed by atoms with Crippen LogP contribution in [0.5, 0.6) is 0 Å². The Bertz CT molecular complexity index is 1630. The molecule has 1 atom stereocenters. The molecule has 1 aliphatic rings. The summed E-state index contributed by atoms with van der Waals surface area (Å²) in [5.41, 5.74) is 0.589. The van der Waals surface area contributed by atoms with E-state index in [4.69, 9.17) is 16.1 Å². The topological polar surface area (TPSA) is 92.4 Å². The average Bonchev–Trinajstić information content (AvgIpc) is 3.66. The van der Waals surface area contributed by atoms with Gasteiger partial charge >= 0.3 is 5.63 Å². The molecule has 3 aromatic carbocycles. The second-order valence-corrected chi connectivity index (χ2v) is 10.1. The Hall–Kier alpha value is -3.92. The van der Waals surface area contributed by atoms with Crippen LogP contribution in [0.3, 0.4) is 0 Å². The summed E-state index contributed by atoms with van der Waals surface area (Å²) in [7, 11) is 0. The minimum atomic E-state index is -2.00. The fraction of sp³-hybridized carbons (Fsp3) is 0.233. The highest BCUT2D eigenvalue weighted by molar-refractivity contribution is 6.31. The summed E-state index contributed by atoms with van der Waals surface area (Å²) in [6.45, 7) is 3.69. The number of benzene rings is 3. The fourth-order valence-corrected chi connectivity index (χ4v) is 4.95. The highest BCUT2D eigenvalue weighted by atomic mass is 35.5. The van der Waals surface area contributed by atoms with Crippen LogP contribution < -0.4 is 10.9 Å². The summed E-state index contributed by atoms with van der Waals surface area (Å²) < 4.78 is 4.78. The maximum Gasteiger partial charge on any atom is 0.366 e. The second-order valence-electron chi connectivity index (χ2n) is 9.68. The van der Waals surface area contributed by atoms with Gasteiger partial charge in [-0.2, -0.15) is 0 Å². The number of hydrogen-bond acceptors (Lipinski definition) is 5. The van der Waals surface area contributed by atoms with Gasteiger partial charge in [-0.15, -0.1) is 0 Å². The van der Waals surface area contributed by atoms with E-state index in [9.17, 15) is 14.7 Å². The molecular weight excluding hydrogens is 488 g/mol. The molecule has 0 saturated heterocycles. The lowest BCUT2D eigenvalue weighted by Crippen LogP contribution is -2.44. The number of amides is 1. The summed E-state index contributed by atoms with van der Waals surface area (Å²) in [4.78, 5) is 25.6. The van der Waals surface area contributed by atoms with Crippen LogP contribution in [0.1, 0.15) is 41.6 Å². The molecule has 1 unspecified atom stereocenters. The number of hydrogen-bond donors (Lipinski definition) is 2. The number of aromatic nitrogens is 1. The average molecular weight is 513 g/mol. The first-order chi connectivity index (χ1) is 17.7. The van der Waals surface area contributed by atoms with Crippen LogP contribution in [0.2, 0.25) is 5.02 Å². The lowest BCUT2D eigenvalue weighted by molar-refractivity contribution is -0.129. The van der Waals surface area contributed by atoms with Crippen LogP contribution in [-0.2, 0) is 10.2 Å². The summed E-state index contributed by atoms with van der Waals surface area (Å²) in [6, 6.07) is 19.9. The van der Waals surface area contributed by atoms with Gasteiger partial charge < -0.3 is 14.9 Å². The molecule has 1 heterocycles. The Morgan fingerprint density at radius 1 is 1.11 bits per heavy atom. The van der Waals surface area contributed by atoms with Gasteiger partial charge in [-0.1, -0.05) is 64.5 Å². The van der Waals surface area contributed by atoms with Gasteiger partial charge in [0.15, 0.2) is 0 Å². The Morgan fingerprint density at radius 2 is 1.84 bits per heavy atom. The molecule has 186 valence electrons. The number of halogens is 1. The van der Waals surface area contributed by atoms with Crippen molar-refractivity contribution >= 4 is 34.0 Å². The van der Waals surface area contributed by atoms with Crippen molar-refractivity contribution in [1.29, 1.82) is 0 Å². The van der Waals surface area contributed by atoms with Gasteiger partial charge in [-0.25, -0.2) is 4.79 Å². The van der Waals surface area contributed by atoms with Gasteiger partial charge in [0.2, 0.25) is 5.60 Å². The first-order valence-electron chi connectivity index (χ1n) is 12.0. The van der Waals surface area contributed by atoms with E-state index in [0.717, 1.165) is 24.0 Å². The molecule has 37 heavy (non-hydrogen) atoms.